The number of fused-ring (bicyclic) bond motifs is 1. The number of aromatic nitrogens is 2. The van der Waals surface area contributed by atoms with Crippen LogP contribution in [-0.4, -0.2) is 16.7 Å². The second-order valence-electron chi connectivity index (χ2n) is 6.35. The first kappa shape index (κ1) is 18.7. The van der Waals surface area contributed by atoms with Crippen LogP contribution in [-0.2, 0) is 13.2 Å². The molecule has 0 saturated heterocycles. The average Bonchev–Trinajstić information content (AvgIpc) is 3.12. The van der Waals surface area contributed by atoms with Crippen molar-refractivity contribution in [3.8, 4) is 11.5 Å². The highest BCUT2D eigenvalue weighted by molar-refractivity contribution is 6.34. The van der Waals surface area contributed by atoms with Crippen molar-refractivity contribution >= 4 is 34.0 Å². The molecule has 0 atom stereocenters. The fourth-order valence-electron chi connectivity index (χ4n) is 3.21. The Morgan fingerprint density at radius 2 is 1.61 bits per heavy atom. The first-order valence-electron chi connectivity index (χ1n) is 8.77. The number of rotatable bonds is 6. The van der Waals surface area contributed by atoms with Crippen LogP contribution >= 0.6 is 23.2 Å². The minimum atomic E-state index is 0.345. The van der Waals surface area contributed by atoms with Gasteiger partial charge in [-0.25, -0.2) is 4.98 Å². The first-order chi connectivity index (χ1) is 13.6. The Balaban J connectivity index is 1.56. The number of nitrogens with zero attached hydrogens (tertiary/aromatic N) is 2. The molecule has 1 aromatic heterocycles. The van der Waals surface area contributed by atoms with E-state index >= 15 is 0 Å². The highest BCUT2D eigenvalue weighted by Gasteiger charge is 2.10. The molecule has 28 heavy (non-hydrogen) atoms. The Morgan fingerprint density at radius 3 is 2.32 bits per heavy atom. The molecule has 0 radical (unpaired) electrons. The summed E-state index contributed by atoms with van der Waals surface area (Å²) >= 11 is 12.2. The third kappa shape index (κ3) is 3.93. The molecular formula is C22H18Cl2N2O2. The summed E-state index contributed by atoms with van der Waals surface area (Å²) < 4.78 is 13.6. The molecule has 0 saturated carbocycles. The predicted octanol–water partition coefficient (Wildman–Crippen LogP) is 5.98. The molecule has 0 aliphatic carbocycles. The average molecular weight is 413 g/mol. The van der Waals surface area contributed by atoms with E-state index in [-0.39, 0.29) is 0 Å². The van der Waals surface area contributed by atoms with E-state index in [1.54, 1.807) is 19.4 Å². The zero-order valence-corrected chi connectivity index (χ0v) is 16.7. The number of ether oxygens (including phenoxy) is 2. The Bertz CT molecular complexity index is 1100. The molecule has 0 unspecified atom stereocenters. The number of methoxy groups -OCH3 is 1. The maximum Gasteiger partial charge on any atom is 0.147 e. The Morgan fingerprint density at radius 1 is 0.929 bits per heavy atom. The second-order valence-corrected chi connectivity index (χ2v) is 7.22. The zero-order chi connectivity index (χ0) is 19.5. The summed E-state index contributed by atoms with van der Waals surface area (Å²) in [7, 11) is 1.67. The molecule has 6 heteroatoms. The molecule has 4 nitrogen and oxygen atoms in total. The van der Waals surface area contributed by atoms with Gasteiger partial charge in [0.15, 0.2) is 0 Å². The molecule has 142 valence electrons. The lowest BCUT2D eigenvalue weighted by molar-refractivity contribution is 0.293. The highest BCUT2D eigenvalue weighted by atomic mass is 35.5. The number of imidazole rings is 1. The van der Waals surface area contributed by atoms with Crippen LogP contribution in [0.2, 0.25) is 10.0 Å². The molecule has 0 bridgehead atoms. The fraction of sp³-hybridized carbons (Fsp3) is 0.136. The quantitative estimate of drug-likeness (QED) is 0.390. The lowest BCUT2D eigenvalue weighted by atomic mass is 10.1. The van der Waals surface area contributed by atoms with Crippen molar-refractivity contribution in [3.05, 3.63) is 88.4 Å². The zero-order valence-electron chi connectivity index (χ0n) is 15.2. The molecule has 0 fully saturated rings. The van der Waals surface area contributed by atoms with Crippen LogP contribution in [0.5, 0.6) is 11.5 Å². The van der Waals surface area contributed by atoms with Gasteiger partial charge in [-0.1, -0.05) is 47.5 Å². The van der Waals surface area contributed by atoms with Crippen molar-refractivity contribution in [2.75, 3.05) is 7.11 Å². The van der Waals surface area contributed by atoms with Crippen molar-refractivity contribution in [3.63, 3.8) is 0 Å². The largest absolute Gasteiger partial charge is 0.496 e. The number of benzene rings is 3. The van der Waals surface area contributed by atoms with Crippen molar-refractivity contribution in [1.29, 1.82) is 0 Å². The van der Waals surface area contributed by atoms with Crippen LogP contribution in [0.25, 0.3) is 10.8 Å². The van der Waals surface area contributed by atoms with E-state index < -0.39 is 0 Å². The Kier molecular flexibility index (Phi) is 5.42. The fourth-order valence-corrected chi connectivity index (χ4v) is 3.78. The van der Waals surface area contributed by atoms with Gasteiger partial charge in [-0.15, -0.1) is 0 Å². The van der Waals surface area contributed by atoms with Gasteiger partial charge < -0.3 is 14.0 Å². The molecule has 0 N–H and O–H groups in total. The van der Waals surface area contributed by atoms with Gasteiger partial charge in [-0.3, -0.25) is 0 Å². The molecule has 0 amide bonds. The Labute approximate surface area is 173 Å². The number of hydrogen-bond donors (Lipinski definition) is 0. The van der Waals surface area contributed by atoms with E-state index in [1.165, 1.54) is 0 Å². The van der Waals surface area contributed by atoms with Gasteiger partial charge in [0.05, 0.1) is 7.11 Å². The van der Waals surface area contributed by atoms with Gasteiger partial charge >= 0.3 is 0 Å². The summed E-state index contributed by atoms with van der Waals surface area (Å²) in [6.45, 7) is 0.958. The van der Waals surface area contributed by atoms with E-state index in [9.17, 15) is 0 Å². The van der Waals surface area contributed by atoms with Gasteiger partial charge in [0, 0.05) is 39.8 Å². The van der Waals surface area contributed by atoms with E-state index in [2.05, 4.69) is 4.98 Å². The van der Waals surface area contributed by atoms with Crippen molar-refractivity contribution in [2.24, 2.45) is 0 Å². The summed E-state index contributed by atoms with van der Waals surface area (Å²) in [4.78, 5) is 4.43. The summed E-state index contributed by atoms with van der Waals surface area (Å²) in [6, 6.07) is 17.4. The van der Waals surface area contributed by atoms with Crippen molar-refractivity contribution in [1.82, 2.24) is 9.55 Å². The molecule has 4 aromatic rings. The van der Waals surface area contributed by atoms with E-state index in [4.69, 9.17) is 32.7 Å². The van der Waals surface area contributed by atoms with Crippen LogP contribution in [0, 0.1) is 0 Å². The minimum Gasteiger partial charge on any atom is -0.496 e. The van der Waals surface area contributed by atoms with Crippen molar-refractivity contribution < 1.29 is 9.47 Å². The van der Waals surface area contributed by atoms with Gasteiger partial charge in [0.2, 0.25) is 0 Å². The normalized spacial score (nSPS) is 11.0. The molecule has 0 aliphatic rings. The van der Waals surface area contributed by atoms with Gasteiger partial charge in [0.25, 0.3) is 0 Å². The van der Waals surface area contributed by atoms with E-state index in [1.807, 2.05) is 59.3 Å². The minimum absolute atomic E-state index is 0.345. The summed E-state index contributed by atoms with van der Waals surface area (Å²) in [5.41, 5.74) is 1.01. The third-order valence-electron chi connectivity index (χ3n) is 4.50. The van der Waals surface area contributed by atoms with Crippen LogP contribution < -0.4 is 9.47 Å². The van der Waals surface area contributed by atoms with Gasteiger partial charge in [-0.05, 0) is 35.9 Å². The predicted molar refractivity (Wildman–Crippen MR) is 113 cm³/mol. The number of halogens is 2. The third-order valence-corrected chi connectivity index (χ3v) is 4.93. The topological polar surface area (TPSA) is 36.3 Å². The maximum absolute atomic E-state index is 6.11. The van der Waals surface area contributed by atoms with Crippen LogP contribution in [0.4, 0.5) is 0 Å². The maximum atomic E-state index is 6.11. The molecular weight excluding hydrogens is 395 g/mol. The Hall–Kier alpha value is -2.69. The van der Waals surface area contributed by atoms with Crippen LogP contribution in [0.15, 0.2) is 67.0 Å². The monoisotopic (exact) mass is 412 g/mol. The van der Waals surface area contributed by atoms with E-state index in [0.717, 1.165) is 33.7 Å². The summed E-state index contributed by atoms with van der Waals surface area (Å²) in [5.74, 6) is 2.43. The SMILES string of the molecule is COc1ccc(OCc2nccn2Cc2cc(Cl)cc(Cl)c2)c2ccccc12. The highest BCUT2D eigenvalue weighted by Crippen LogP contribution is 2.33. The van der Waals surface area contributed by atoms with Gasteiger partial charge in [-0.2, -0.15) is 0 Å². The molecule has 4 rings (SSSR count). The molecule has 1 heterocycles. The van der Waals surface area contributed by atoms with Crippen molar-refractivity contribution in [2.45, 2.75) is 13.2 Å². The second kappa shape index (κ2) is 8.13. The lowest BCUT2D eigenvalue weighted by Crippen LogP contribution is -2.08. The molecule has 0 aliphatic heterocycles. The van der Waals surface area contributed by atoms with Crippen LogP contribution in [0.1, 0.15) is 11.4 Å². The summed E-state index contributed by atoms with van der Waals surface area (Å²) in [6.07, 6.45) is 3.68. The molecule has 0 spiro atoms. The van der Waals surface area contributed by atoms with E-state index in [0.29, 0.717) is 23.2 Å². The standard InChI is InChI=1S/C22H18Cl2N2O2/c1-27-20-6-7-21(19-5-3-2-4-18(19)20)28-14-22-25-8-9-26(22)13-15-10-16(23)12-17(24)11-15/h2-12H,13-14H2,1H3. The first-order valence-corrected chi connectivity index (χ1v) is 9.53. The smallest absolute Gasteiger partial charge is 0.147 e. The number of hydrogen-bond acceptors (Lipinski definition) is 3. The van der Waals surface area contributed by atoms with Gasteiger partial charge in [0.1, 0.15) is 23.9 Å². The van der Waals surface area contributed by atoms with Crippen LogP contribution in [0.3, 0.4) is 0 Å². The summed E-state index contributed by atoms with van der Waals surface area (Å²) in [5, 5.41) is 3.25. The lowest BCUT2D eigenvalue weighted by Gasteiger charge is -2.13. The molecule has 3 aromatic carbocycles.